The zero-order valence-electron chi connectivity index (χ0n) is 10.9. The Morgan fingerprint density at radius 3 is 2.47 bits per heavy atom. The molecule has 0 aromatic carbocycles. The maximum absolute atomic E-state index is 11.0. The van der Waals surface area contributed by atoms with Gasteiger partial charge in [-0.05, 0) is 18.3 Å². The molecule has 94 valence electrons. The molecule has 0 radical (unpaired) electrons. The van der Waals surface area contributed by atoms with E-state index in [1.807, 2.05) is 13.8 Å². The molecule has 0 saturated carbocycles. The SMILES string of the molecule is CC(C)CCc1ncc(C(=O)O)c(C(C)C)n1. The van der Waals surface area contributed by atoms with Crippen molar-refractivity contribution in [2.45, 2.75) is 46.5 Å². The number of carboxylic acid groups (broad SMARTS) is 1. The van der Waals surface area contributed by atoms with Crippen molar-refractivity contribution in [1.82, 2.24) is 9.97 Å². The number of aromatic nitrogens is 2. The molecule has 17 heavy (non-hydrogen) atoms. The van der Waals surface area contributed by atoms with E-state index in [0.29, 0.717) is 11.6 Å². The van der Waals surface area contributed by atoms with Gasteiger partial charge in [0.2, 0.25) is 0 Å². The van der Waals surface area contributed by atoms with Crippen LogP contribution in [0, 0.1) is 5.92 Å². The molecule has 1 N–H and O–H groups in total. The molecule has 1 heterocycles. The maximum atomic E-state index is 11.0. The van der Waals surface area contributed by atoms with Crippen molar-refractivity contribution in [1.29, 1.82) is 0 Å². The average molecular weight is 236 g/mol. The zero-order valence-corrected chi connectivity index (χ0v) is 10.9. The highest BCUT2D eigenvalue weighted by Crippen LogP contribution is 2.17. The van der Waals surface area contributed by atoms with E-state index in [0.717, 1.165) is 18.7 Å². The number of carboxylic acids is 1. The summed E-state index contributed by atoms with van der Waals surface area (Å²) in [5.74, 6) is 0.485. The first kappa shape index (κ1) is 13.6. The van der Waals surface area contributed by atoms with Crippen molar-refractivity contribution in [3.63, 3.8) is 0 Å². The van der Waals surface area contributed by atoms with E-state index in [-0.39, 0.29) is 11.5 Å². The summed E-state index contributed by atoms with van der Waals surface area (Å²) < 4.78 is 0. The van der Waals surface area contributed by atoms with Gasteiger partial charge in [0.1, 0.15) is 5.82 Å². The lowest BCUT2D eigenvalue weighted by atomic mass is 10.0. The predicted octanol–water partition coefficient (Wildman–Crippen LogP) is 2.89. The molecule has 1 aromatic heterocycles. The highest BCUT2D eigenvalue weighted by Gasteiger charge is 2.16. The average Bonchev–Trinajstić information content (AvgIpc) is 2.25. The second-order valence-corrected chi connectivity index (χ2v) is 4.98. The first-order valence-electron chi connectivity index (χ1n) is 6.01. The minimum Gasteiger partial charge on any atom is -0.478 e. The Kier molecular flexibility index (Phi) is 4.61. The molecule has 0 aliphatic heterocycles. The van der Waals surface area contributed by atoms with Crippen molar-refractivity contribution in [3.05, 3.63) is 23.3 Å². The van der Waals surface area contributed by atoms with Crippen LogP contribution in [0.25, 0.3) is 0 Å². The zero-order chi connectivity index (χ0) is 13.0. The molecule has 0 saturated heterocycles. The van der Waals surface area contributed by atoms with Crippen LogP contribution in [-0.2, 0) is 6.42 Å². The fourth-order valence-corrected chi connectivity index (χ4v) is 1.58. The summed E-state index contributed by atoms with van der Waals surface area (Å²) in [5.41, 5.74) is 0.847. The summed E-state index contributed by atoms with van der Waals surface area (Å²) in [6, 6.07) is 0. The molecule has 1 rings (SSSR count). The van der Waals surface area contributed by atoms with Gasteiger partial charge in [0, 0.05) is 12.6 Å². The van der Waals surface area contributed by atoms with Crippen LogP contribution in [-0.4, -0.2) is 21.0 Å². The maximum Gasteiger partial charge on any atom is 0.339 e. The molecule has 0 unspecified atom stereocenters. The summed E-state index contributed by atoms with van der Waals surface area (Å²) in [4.78, 5) is 19.5. The number of hydrogen-bond donors (Lipinski definition) is 1. The molecule has 4 nitrogen and oxygen atoms in total. The number of aryl methyl sites for hydroxylation is 1. The van der Waals surface area contributed by atoms with E-state index in [1.54, 1.807) is 0 Å². The van der Waals surface area contributed by atoms with Crippen LogP contribution in [0.5, 0.6) is 0 Å². The first-order chi connectivity index (χ1) is 7.91. The summed E-state index contributed by atoms with van der Waals surface area (Å²) in [6.45, 7) is 8.19. The Morgan fingerprint density at radius 2 is 2.00 bits per heavy atom. The van der Waals surface area contributed by atoms with Gasteiger partial charge < -0.3 is 5.11 Å². The Bertz CT molecular complexity index is 400. The largest absolute Gasteiger partial charge is 0.478 e. The van der Waals surface area contributed by atoms with Crippen molar-refractivity contribution >= 4 is 5.97 Å². The summed E-state index contributed by atoms with van der Waals surface area (Å²) >= 11 is 0. The molecule has 0 spiro atoms. The van der Waals surface area contributed by atoms with Crippen LogP contribution >= 0.6 is 0 Å². The standard InChI is InChI=1S/C13H20N2O2/c1-8(2)5-6-11-14-7-10(13(16)17)12(15-11)9(3)4/h7-9H,5-6H2,1-4H3,(H,16,17). The normalized spacial score (nSPS) is 11.2. The Hall–Kier alpha value is -1.45. The third-order valence-electron chi connectivity index (χ3n) is 2.59. The number of rotatable bonds is 5. The topological polar surface area (TPSA) is 63.1 Å². The van der Waals surface area contributed by atoms with Crippen molar-refractivity contribution in [2.24, 2.45) is 5.92 Å². The van der Waals surface area contributed by atoms with E-state index >= 15 is 0 Å². The quantitative estimate of drug-likeness (QED) is 0.853. The van der Waals surface area contributed by atoms with Crippen molar-refractivity contribution < 1.29 is 9.90 Å². The van der Waals surface area contributed by atoms with Gasteiger partial charge in [0.05, 0.1) is 11.3 Å². The van der Waals surface area contributed by atoms with E-state index in [9.17, 15) is 4.79 Å². The number of carbonyl (C=O) groups is 1. The second-order valence-electron chi connectivity index (χ2n) is 4.98. The van der Waals surface area contributed by atoms with Gasteiger partial charge in [0.25, 0.3) is 0 Å². The molecule has 0 atom stereocenters. The highest BCUT2D eigenvalue weighted by molar-refractivity contribution is 5.88. The first-order valence-corrected chi connectivity index (χ1v) is 6.01. The minimum absolute atomic E-state index is 0.0990. The third-order valence-corrected chi connectivity index (χ3v) is 2.59. The predicted molar refractivity (Wildman–Crippen MR) is 66.2 cm³/mol. The van der Waals surface area contributed by atoms with Gasteiger partial charge in [-0.25, -0.2) is 14.8 Å². The number of aromatic carboxylic acids is 1. The fraction of sp³-hybridized carbons (Fsp3) is 0.615. The van der Waals surface area contributed by atoms with Crippen LogP contribution in [0.2, 0.25) is 0 Å². The van der Waals surface area contributed by atoms with Crippen molar-refractivity contribution in [3.8, 4) is 0 Å². The molecule has 0 fully saturated rings. The van der Waals surface area contributed by atoms with Gasteiger partial charge in [0.15, 0.2) is 0 Å². The third kappa shape index (κ3) is 3.80. The lowest BCUT2D eigenvalue weighted by molar-refractivity contribution is 0.0694. The van der Waals surface area contributed by atoms with E-state index in [2.05, 4.69) is 23.8 Å². The lowest BCUT2D eigenvalue weighted by Gasteiger charge is -2.10. The molecule has 1 aromatic rings. The van der Waals surface area contributed by atoms with Crippen LogP contribution < -0.4 is 0 Å². The smallest absolute Gasteiger partial charge is 0.339 e. The molecular weight excluding hydrogens is 216 g/mol. The second kappa shape index (κ2) is 5.75. The van der Waals surface area contributed by atoms with Gasteiger partial charge in [-0.15, -0.1) is 0 Å². The van der Waals surface area contributed by atoms with Crippen LogP contribution in [0.3, 0.4) is 0 Å². The summed E-state index contributed by atoms with van der Waals surface area (Å²) in [7, 11) is 0. The van der Waals surface area contributed by atoms with Gasteiger partial charge in [-0.2, -0.15) is 0 Å². The molecule has 0 aliphatic rings. The fourth-order valence-electron chi connectivity index (χ4n) is 1.58. The summed E-state index contributed by atoms with van der Waals surface area (Å²) in [5, 5.41) is 9.04. The Labute approximate surface area is 102 Å². The molecule has 0 amide bonds. The van der Waals surface area contributed by atoms with Crippen LogP contribution in [0.4, 0.5) is 0 Å². The molecule has 0 aliphatic carbocycles. The van der Waals surface area contributed by atoms with E-state index in [4.69, 9.17) is 5.11 Å². The Morgan fingerprint density at radius 1 is 1.35 bits per heavy atom. The number of hydrogen-bond acceptors (Lipinski definition) is 3. The minimum atomic E-state index is -0.955. The van der Waals surface area contributed by atoms with Gasteiger partial charge in [-0.1, -0.05) is 27.7 Å². The van der Waals surface area contributed by atoms with Crippen molar-refractivity contribution in [2.75, 3.05) is 0 Å². The lowest BCUT2D eigenvalue weighted by Crippen LogP contribution is -2.10. The Balaban J connectivity index is 2.97. The van der Waals surface area contributed by atoms with Crippen LogP contribution in [0.15, 0.2) is 6.20 Å². The monoisotopic (exact) mass is 236 g/mol. The van der Waals surface area contributed by atoms with E-state index in [1.165, 1.54) is 6.20 Å². The summed E-state index contributed by atoms with van der Waals surface area (Å²) in [6.07, 6.45) is 3.25. The highest BCUT2D eigenvalue weighted by atomic mass is 16.4. The van der Waals surface area contributed by atoms with E-state index < -0.39 is 5.97 Å². The molecular formula is C13H20N2O2. The van der Waals surface area contributed by atoms with Gasteiger partial charge >= 0.3 is 5.97 Å². The van der Waals surface area contributed by atoms with Gasteiger partial charge in [-0.3, -0.25) is 0 Å². The van der Waals surface area contributed by atoms with Crippen LogP contribution in [0.1, 0.15) is 61.9 Å². The molecule has 4 heteroatoms. The number of nitrogens with zero attached hydrogens (tertiary/aromatic N) is 2. The molecule has 0 bridgehead atoms.